The lowest BCUT2D eigenvalue weighted by Crippen LogP contribution is -2.25. The van der Waals surface area contributed by atoms with Crippen LogP contribution in [0.5, 0.6) is 0 Å². The summed E-state index contributed by atoms with van der Waals surface area (Å²) >= 11 is 0. The first-order valence-corrected chi connectivity index (χ1v) is 10.3. The van der Waals surface area contributed by atoms with Gasteiger partial charge in [0.15, 0.2) is 5.58 Å². The lowest BCUT2D eigenvalue weighted by Gasteiger charge is -2.14. The van der Waals surface area contributed by atoms with Gasteiger partial charge in [-0.05, 0) is 42.8 Å². The van der Waals surface area contributed by atoms with E-state index in [4.69, 9.17) is 9.25 Å². The smallest absolute Gasteiger partial charge is 0.408 e. The molecule has 9 nitrogen and oxygen atoms in total. The zero-order valence-corrected chi connectivity index (χ0v) is 16.8. The molecule has 0 aliphatic rings. The summed E-state index contributed by atoms with van der Waals surface area (Å²) in [6, 6.07) is 12.9. The van der Waals surface area contributed by atoms with E-state index in [1.54, 1.807) is 18.2 Å². The highest BCUT2D eigenvalue weighted by Gasteiger charge is 2.20. The third-order valence-electron chi connectivity index (χ3n) is 4.39. The minimum absolute atomic E-state index is 0.0473. The SMILES string of the molecule is CON(C)S(=O)(=O)c1ccc(NC(=O)CCCn2c(=O)oc3ccccc32)cc1. The Balaban J connectivity index is 1.57. The molecule has 10 heteroatoms. The number of benzene rings is 2. The van der Waals surface area contributed by atoms with Crippen LogP contribution >= 0.6 is 0 Å². The summed E-state index contributed by atoms with van der Waals surface area (Å²) in [5, 5.41) is 2.71. The van der Waals surface area contributed by atoms with Gasteiger partial charge in [0.25, 0.3) is 10.0 Å². The monoisotopic (exact) mass is 419 g/mol. The fraction of sp³-hybridized carbons (Fsp3) is 0.263. The predicted molar refractivity (Wildman–Crippen MR) is 107 cm³/mol. The van der Waals surface area contributed by atoms with Crippen LogP contribution in [0.2, 0.25) is 0 Å². The van der Waals surface area contributed by atoms with Crippen molar-refractivity contribution >= 4 is 32.7 Å². The van der Waals surface area contributed by atoms with Crippen LogP contribution in [0.3, 0.4) is 0 Å². The van der Waals surface area contributed by atoms with Gasteiger partial charge in [0, 0.05) is 25.7 Å². The number of hydrogen-bond donors (Lipinski definition) is 1. The van der Waals surface area contributed by atoms with Crippen molar-refractivity contribution in [2.75, 3.05) is 19.5 Å². The molecule has 3 aromatic rings. The molecule has 0 fully saturated rings. The Kier molecular flexibility index (Phi) is 6.16. The van der Waals surface area contributed by atoms with Gasteiger partial charge in [-0.1, -0.05) is 16.6 Å². The van der Waals surface area contributed by atoms with Crippen molar-refractivity contribution in [3.05, 3.63) is 59.1 Å². The van der Waals surface area contributed by atoms with E-state index >= 15 is 0 Å². The van der Waals surface area contributed by atoms with Crippen molar-refractivity contribution in [1.82, 2.24) is 9.04 Å². The van der Waals surface area contributed by atoms with E-state index in [2.05, 4.69) is 5.32 Å². The van der Waals surface area contributed by atoms with Gasteiger partial charge in [-0.15, -0.1) is 0 Å². The summed E-state index contributed by atoms with van der Waals surface area (Å²) in [5.41, 5.74) is 1.67. The van der Waals surface area contributed by atoms with Crippen LogP contribution in [0.1, 0.15) is 12.8 Å². The number of sulfonamides is 1. The topological polar surface area (TPSA) is 111 Å². The van der Waals surface area contributed by atoms with Gasteiger partial charge >= 0.3 is 5.76 Å². The molecule has 2 aromatic carbocycles. The quantitative estimate of drug-likeness (QED) is 0.561. The normalized spacial score (nSPS) is 11.8. The molecule has 0 spiro atoms. The number of nitrogens with one attached hydrogen (secondary N) is 1. The van der Waals surface area contributed by atoms with Crippen LogP contribution in [0.4, 0.5) is 5.69 Å². The van der Waals surface area contributed by atoms with Gasteiger partial charge in [-0.2, -0.15) is 0 Å². The van der Waals surface area contributed by atoms with Crippen LogP contribution in [-0.2, 0) is 26.2 Å². The second-order valence-electron chi connectivity index (χ2n) is 6.26. The van der Waals surface area contributed by atoms with E-state index in [-0.39, 0.29) is 17.2 Å². The Morgan fingerprint density at radius 1 is 1.17 bits per heavy atom. The van der Waals surface area contributed by atoms with Gasteiger partial charge in [0.2, 0.25) is 5.91 Å². The first kappa shape index (κ1) is 20.8. The predicted octanol–water partition coefficient (Wildman–Crippen LogP) is 2.20. The minimum Gasteiger partial charge on any atom is -0.408 e. The highest BCUT2D eigenvalue weighted by Crippen LogP contribution is 2.18. The van der Waals surface area contributed by atoms with Crippen LogP contribution < -0.4 is 11.1 Å². The fourth-order valence-corrected chi connectivity index (χ4v) is 3.78. The summed E-state index contributed by atoms with van der Waals surface area (Å²) in [5.74, 6) is -0.695. The van der Waals surface area contributed by atoms with Crippen molar-refractivity contribution in [3.8, 4) is 0 Å². The molecule has 154 valence electrons. The van der Waals surface area contributed by atoms with Crippen LogP contribution in [-0.4, -0.2) is 37.5 Å². The molecular formula is C19H21N3O6S. The van der Waals surface area contributed by atoms with Crippen LogP contribution in [0.25, 0.3) is 11.1 Å². The molecule has 0 unspecified atom stereocenters. The number of hydrogen-bond acceptors (Lipinski definition) is 6. The highest BCUT2D eigenvalue weighted by molar-refractivity contribution is 7.89. The number of carbonyl (C=O) groups excluding carboxylic acids is 1. The average Bonchev–Trinajstić information content (AvgIpc) is 3.03. The molecule has 1 aromatic heterocycles. The van der Waals surface area contributed by atoms with Crippen molar-refractivity contribution in [2.45, 2.75) is 24.3 Å². The number of aryl methyl sites for hydroxylation is 1. The lowest BCUT2D eigenvalue weighted by molar-refractivity contribution is -0.116. The zero-order valence-electron chi connectivity index (χ0n) is 16.0. The number of carbonyl (C=O) groups is 1. The fourth-order valence-electron chi connectivity index (χ4n) is 2.80. The standard InChI is InChI=1S/C19H21N3O6S/c1-21(27-2)29(25,26)15-11-9-14(10-12-15)20-18(23)8-5-13-22-16-6-3-4-7-17(16)28-19(22)24/h3-4,6-7,9-12H,5,8,13H2,1-2H3,(H,20,23). The molecule has 29 heavy (non-hydrogen) atoms. The van der Waals surface area contributed by atoms with Gasteiger partial charge < -0.3 is 9.73 Å². The highest BCUT2D eigenvalue weighted by atomic mass is 32.2. The van der Waals surface area contributed by atoms with E-state index in [9.17, 15) is 18.0 Å². The van der Waals surface area contributed by atoms with Crippen molar-refractivity contribution in [3.63, 3.8) is 0 Å². The maximum Gasteiger partial charge on any atom is 0.419 e. The summed E-state index contributed by atoms with van der Waals surface area (Å²) in [7, 11) is -1.19. The molecular weight excluding hydrogens is 398 g/mol. The van der Waals surface area contributed by atoms with Crippen molar-refractivity contribution in [2.24, 2.45) is 0 Å². The molecule has 0 saturated heterocycles. The van der Waals surface area contributed by atoms with Crippen LogP contribution in [0, 0.1) is 0 Å². The third kappa shape index (κ3) is 4.56. The molecule has 1 amide bonds. The minimum atomic E-state index is -3.74. The summed E-state index contributed by atoms with van der Waals surface area (Å²) < 4.78 is 31.7. The van der Waals surface area contributed by atoms with Crippen molar-refractivity contribution < 1.29 is 22.5 Å². The summed E-state index contributed by atoms with van der Waals surface area (Å²) in [6.07, 6.45) is 0.638. The summed E-state index contributed by atoms with van der Waals surface area (Å²) in [6.45, 7) is 0.351. The lowest BCUT2D eigenvalue weighted by atomic mass is 10.2. The maximum atomic E-state index is 12.2. The Morgan fingerprint density at radius 3 is 2.55 bits per heavy atom. The summed E-state index contributed by atoms with van der Waals surface area (Å²) in [4.78, 5) is 28.8. The average molecular weight is 419 g/mol. The molecule has 0 aliphatic heterocycles. The Bertz CT molecular complexity index is 1160. The Hall–Kier alpha value is -2.95. The number of fused-ring (bicyclic) bond motifs is 1. The third-order valence-corrected chi connectivity index (χ3v) is 6.08. The largest absolute Gasteiger partial charge is 0.419 e. The molecule has 0 bridgehead atoms. The first-order chi connectivity index (χ1) is 13.8. The molecule has 3 rings (SSSR count). The van der Waals surface area contributed by atoms with Gasteiger partial charge in [0.05, 0.1) is 17.5 Å². The molecule has 1 heterocycles. The first-order valence-electron chi connectivity index (χ1n) is 8.84. The van der Waals surface area contributed by atoms with E-state index < -0.39 is 15.8 Å². The van der Waals surface area contributed by atoms with Gasteiger partial charge in [-0.3, -0.25) is 14.2 Å². The number of para-hydroxylation sites is 2. The second kappa shape index (κ2) is 8.60. The molecule has 0 aliphatic carbocycles. The molecule has 0 radical (unpaired) electrons. The number of amides is 1. The number of rotatable bonds is 8. The number of hydroxylamine groups is 1. The van der Waals surface area contributed by atoms with E-state index in [0.29, 0.717) is 29.8 Å². The number of oxazole rings is 1. The van der Waals surface area contributed by atoms with E-state index in [0.717, 1.165) is 4.47 Å². The number of anilines is 1. The molecule has 0 saturated carbocycles. The number of nitrogens with zero attached hydrogens (tertiary/aromatic N) is 2. The Morgan fingerprint density at radius 2 is 1.86 bits per heavy atom. The van der Waals surface area contributed by atoms with Crippen molar-refractivity contribution in [1.29, 1.82) is 0 Å². The van der Waals surface area contributed by atoms with E-state index in [1.807, 2.05) is 6.07 Å². The second-order valence-corrected chi connectivity index (χ2v) is 8.20. The zero-order chi connectivity index (χ0) is 21.0. The van der Waals surface area contributed by atoms with Gasteiger partial charge in [-0.25, -0.2) is 13.2 Å². The maximum absolute atomic E-state index is 12.2. The number of aromatic nitrogens is 1. The van der Waals surface area contributed by atoms with Crippen LogP contribution in [0.15, 0.2) is 62.6 Å². The van der Waals surface area contributed by atoms with E-state index in [1.165, 1.54) is 43.0 Å². The van der Waals surface area contributed by atoms with Gasteiger partial charge in [0.1, 0.15) is 0 Å². The molecule has 1 N–H and O–H groups in total. The Labute approximate surface area is 167 Å². The molecule has 0 atom stereocenters.